The summed E-state index contributed by atoms with van der Waals surface area (Å²) in [5.41, 5.74) is 2.03. The molecule has 13 heteroatoms. The van der Waals surface area contributed by atoms with Gasteiger partial charge in [0.25, 0.3) is 5.60 Å². The summed E-state index contributed by atoms with van der Waals surface area (Å²) in [5, 5.41) is 9.61. The molecule has 1 saturated heterocycles. The van der Waals surface area contributed by atoms with Crippen LogP contribution in [-0.2, 0) is 28.2 Å². The van der Waals surface area contributed by atoms with Crippen molar-refractivity contribution in [3.05, 3.63) is 89.7 Å². The minimum atomic E-state index is -5.95. The van der Waals surface area contributed by atoms with Gasteiger partial charge in [0.2, 0.25) is 0 Å². The van der Waals surface area contributed by atoms with Crippen molar-refractivity contribution in [2.24, 2.45) is 5.73 Å². The molecular weight excluding hydrogens is 566 g/mol. The molecule has 0 aliphatic carbocycles. The van der Waals surface area contributed by atoms with Gasteiger partial charge in [0.1, 0.15) is 12.6 Å². The highest BCUT2D eigenvalue weighted by Crippen LogP contribution is 2.50. The van der Waals surface area contributed by atoms with Crippen molar-refractivity contribution in [2.75, 3.05) is 32.8 Å². The largest absolute Gasteiger partial charge is 0.463 e. The summed E-state index contributed by atoms with van der Waals surface area (Å²) in [4.78, 5) is 21.1. The second-order valence-corrected chi connectivity index (χ2v) is 10.0. The molecule has 2 aromatic carbocycles. The minimum Gasteiger partial charge on any atom is -0.463 e. The molecule has 0 radical (unpaired) electrons. The van der Waals surface area contributed by atoms with Crippen LogP contribution < -0.4 is 5.73 Å². The maximum Gasteiger partial charge on any atom is 0.430 e. The molecule has 1 aliphatic heterocycles. The number of rotatable bonds is 9. The molecule has 7 nitrogen and oxygen atoms in total. The van der Waals surface area contributed by atoms with E-state index in [1.165, 1.54) is 0 Å². The summed E-state index contributed by atoms with van der Waals surface area (Å²) in [6.45, 7) is 3.09. The lowest BCUT2D eigenvalue weighted by Crippen LogP contribution is -2.56. The van der Waals surface area contributed by atoms with Gasteiger partial charge in [-0.1, -0.05) is 48.5 Å². The van der Waals surface area contributed by atoms with Crippen molar-refractivity contribution in [1.82, 2.24) is 14.8 Å². The summed E-state index contributed by atoms with van der Waals surface area (Å²) >= 11 is 0. The first-order valence-corrected chi connectivity index (χ1v) is 13.1. The third-order valence-electron chi connectivity index (χ3n) is 7.16. The van der Waals surface area contributed by atoms with E-state index in [0.717, 1.165) is 23.3 Å². The van der Waals surface area contributed by atoms with Crippen LogP contribution in [0, 0.1) is 0 Å². The average molecular weight is 597 g/mol. The van der Waals surface area contributed by atoms with E-state index in [0.29, 0.717) is 56.0 Å². The number of nitrogens with zero attached hydrogens (tertiary/aromatic N) is 3. The quantitative estimate of drug-likeness (QED) is 0.282. The molecule has 0 amide bonds. The Kier molecular flexibility index (Phi) is 9.56. The molecule has 0 bridgehead atoms. The molecule has 2 heterocycles. The first-order valence-electron chi connectivity index (χ1n) is 13.1. The van der Waals surface area contributed by atoms with Crippen LogP contribution in [0.2, 0.25) is 0 Å². The molecular formula is C29H30F6N4O3. The predicted molar refractivity (Wildman–Crippen MR) is 142 cm³/mol. The van der Waals surface area contributed by atoms with E-state index in [1.807, 2.05) is 17.0 Å². The van der Waals surface area contributed by atoms with Crippen LogP contribution in [0.1, 0.15) is 16.7 Å². The number of carbonyl (C=O) groups excluding carboxylic acids is 1. The van der Waals surface area contributed by atoms with E-state index in [9.17, 15) is 36.2 Å². The van der Waals surface area contributed by atoms with Crippen LogP contribution in [0.25, 0.3) is 11.1 Å². The molecule has 42 heavy (non-hydrogen) atoms. The number of aliphatic hydroxyl groups is 1. The molecule has 3 N–H and O–H groups in total. The van der Waals surface area contributed by atoms with Crippen molar-refractivity contribution in [2.45, 2.75) is 37.1 Å². The van der Waals surface area contributed by atoms with Crippen molar-refractivity contribution in [3.8, 4) is 11.1 Å². The zero-order chi connectivity index (χ0) is 30.5. The Morgan fingerprint density at radius 3 is 1.95 bits per heavy atom. The number of esters is 1. The fraction of sp³-hybridized carbons (Fsp3) is 0.379. The van der Waals surface area contributed by atoms with Gasteiger partial charge in [-0.15, -0.1) is 0 Å². The van der Waals surface area contributed by atoms with Gasteiger partial charge in [0, 0.05) is 57.2 Å². The number of hydrogen-bond acceptors (Lipinski definition) is 7. The number of ether oxygens (including phenoxy) is 1. The van der Waals surface area contributed by atoms with Gasteiger partial charge in [-0.25, -0.2) is 0 Å². The summed E-state index contributed by atoms with van der Waals surface area (Å²) < 4.78 is 84.5. The molecule has 0 unspecified atom stereocenters. The third-order valence-corrected chi connectivity index (χ3v) is 7.16. The van der Waals surface area contributed by atoms with E-state index < -0.39 is 29.6 Å². The highest BCUT2D eigenvalue weighted by Gasteiger charge is 2.71. The molecule has 1 atom stereocenters. The van der Waals surface area contributed by atoms with Crippen molar-refractivity contribution in [3.63, 3.8) is 0 Å². The molecule has 1 fully saturated rings. The third kappa shape index (κ3) is 6.92. The van der Waals surface area contributed by atoms with Gasteiger partial charge in [0.05, 0.1) is 0 Å². The van der Waals surface area contributed by atoms with Crippen LogP contribution in [-0.4, -0.2) is 77.0 Å². The summed E-state index contributed by atoms with van der Waals surface area (Å²) in [7, 11) is 0. The number of hydrogen-bond donors (Lipinski definition) is 2. The second-order valence-electron chi connectivity index (χ2n) is 10.0. The monoisotopic (exact) mass is 596 g/mol. The standard InChI is InChI=1S/C29H30F6N4O3/c30-28(31,32)27(41,29(33,34)35)24-7-5-23(6-8-24)22-3-1-20(2-4-22)18-39-15-14-38(17-21-9-12-37-13-10-21)19-25(39)26(40)42-16-11-36/h1-10,12-13,25,41H,11,14-19,36H2/t25-/m1/s1. The molecule has 0 saturated carbocycles. The Hall–Kier alpha value is -3.52. The summed E-state index contributed by atoms with van der Waals surface area (Å²) in [6.07, 6.45) is -8.48. The van der Waals surface area contributed by atoms with Gasteiger partial charge < -0.3 is 15.6 Å². The van der Waals surface area contributed by atoms with Crippen LogP contribution in [0.4, 0.5) is 26.3 Å². The number of piperazine rings is 1. The highest BCUT2D eigenvalue weighted by molar-refractivity contribution is 5.76. The maximum absolute atomic E-state index is 13.2. The lowest BCUT2D eigenvalue weighted by atomic mass is 9.90. The van der Waals surface area contributed by atoms with Crippen LogP contribution in [0.5, 0.6) is 0 Å². The Morgan fingerprint density at radius 2 is 1.40 bits per heavy atom. The first-order chi connectivity index (χ1) is 19.8. The van der Waals surface area contributed by atoms with Crippen LogP contribution in [0.15, 0.2) is 73.1 Å². The van der Waals surface area contributed by atoms with Gasteiger partial charge >= 0.3 is 18.3 Å². The fourth-order valence-corrected chi connectivity index (χ4v) is 4.86. The molecule has 1 aliphatic rings. The highest BCUT2D eigenvalue weighted by atomic mass is 19.4. The van der Waals surface area contributed by atoms with E-state index in [-0.39, 0.29) is 19.1 Å². The van der Waals surface area contributed by atoms with Crippen molar-refractivity contribution in [1.29, 1.82) is 0 Å². The molecule has 4 rings (SSSR count). The zero-order valence-corrected chi connectivity index (χ0v) is 22.4. The SMILES string of the molecule is NCCOC(=O)[C@H]1CN(Cc2ccncc2)CCN1Cc1ccc(-c2ccc(C(O)(C(F)(F)F)C(F)(F)F)cc2)cc1. The van der Waals surface area contributed by atoms with E-state index in [4.69, 9.17) is 10.5 Å². The first kappa shape index (κ1) is 31.4. The number of halogens is 6. The van der Waals surface area contributed by atoms with Gasteiger partial charge in [-0.3, -0.25) is 19.6 Å². The lowest BCUT2D eigenvalue weighted by molar-refractivity contribution is -0.376. The van der Waals surface area contributed by atoms with Gasteiger partial charge in [-0.2, -0.15) is 26.3 Å². The Balaban J connectivity index is 1.47. The normalized spacial score (nSPS) is 17.3. The van der Waals surface area contributed by atoms with Gasteiger partial charge in [0.15, 0.2) is 0 Å². The molecule has 226 valence electrons. The molecule has 3 aromatic rings. The Morgan fingerprint density at radius 1 is 0.857 bits per heavy atom. The molecule has 0 spiro atoms. The topological polar surface area (TPSA) is 91.9 Å². The number of carbonyl (C=O) groups is 1. The molecule has 1 aromatic heterocycles. The van der Waals surface area contributed by atoms with E-state index >= 15 is 0 Å². The number of benzene rings is 2. The summed E-state index contributed by atoms with van der Waals surface area (Å²) in [6, 6.07) is 13.6. The van der Waals surface area contributed by atoms with E-state index in [1.54, 1.807) is 36.7 Å². The number of aromatic nitrogens is 1. The lowest BCUT2D eigenvalue weighted by Gasteiger charge is -2.40. The summed E-state index contributed by atoms with van der Waals surface area (Å²) in [5.74, 6) is -0.380. The minimum absolute atomic E-state index is 0.102. The van der Waals surface area contributed by atoms with E-state index in [2.05, 4.69) is 9.88 Å². The Labute approximate surface area is 238 Å². The van der Waals surface area contributed by atoms with Crippen molar-refractivity contribution >= 4 is 5.97 Å². The zero-order valence-electron chi connectivity index (χ0n) is 22.4. The Bertz CT molecular complexity index is 1300. The van der Waals surface area contributed by atoms with Crippen LogP contribution >= 0.6 is 0 Å². The number of pyridine rings is 1. The number of nitrogens with two attached hydrogens (primary N) is 1. The smallest absolute Gasteiger partial charge is 0.430 e. The maximum atomic E-state index is 13.2. The predicted octanol–water partition coefficient (Wildman–Crippen LogP) is 4.25. The fourth-order valence-electron chi connectivity index (χ4n) is 4.86. The van der Waals surface area contributed by atoms with Crippen molar-refractivity contribution < 1.29 is 41.0 Å². The number of alkyl halides is 6. The second kappa shape index (κ2) is 12.8. The van der Waals surface area contributed by atoms with Crippen LogP contribution in [0.3, 0.4) is 0 Å². The van der Waals surface area contributed by atoms with Gasteiger partial charge in [-0.05, 0) is 34.4 Å². The average Bonchev–Trinajstić information content (AvgIpc) is 2.96.